The quantitative estimate of drug-likeness (QED) is 0.0901. The van der Waals surface area contributed by atoms with E-state index in [1.807, 2.05) is 0 Å². The number of carbonyl (C=O) groups excluding carboxylic acids is 1. The summed E-state index contributed by atoms with van der Waals surface area (Å²) >= 11 is 0. The molecule has 0 radical (unpaired) electrons. The molecule has 0 spiro atoms. The van der Waals surface area contributed by atoms with Gasteiger partial charge in [0, 0.05) is 6.07 Å². The molecule has 0 aliphatic rings. The monoisotopic (exact) mass is 727 g/mol. The number of alkyl halides is 19. The lowest BCUT2D eigenvalue weighted by molar-refractivity contribution is -0.414. The molecule has 27 heteroatoms. The lowest BCUT2D eigenvalue weighted by Gasteiger charge is -2.38. The van der Waals surface area contributed by atoms with Gasteiger partial charge in [-0.05, 0) is 12.1 Å². The molecule has 0 aliphatic heterocycles. The van der Waals surface area contributed by atoms with E-state index in [0.29, 0.717) is 0 Å². The molecule has 1 aromatic carbocycles. The maximum absolute atomic E-state index is 13.7. The first-order valence-electron chi connectivity index (χ1n) is 10.2. The van der Waals surface area contributed by atoms with Crippen LogP contribution in [-0.4, -0.2) is 81.7 Å². The van der Waals surface area contributed by atoms with Crippen LogP contribution in [0, 0.1) is 10.1 Å². The molecule has 0 aromatic heterocycles. The number of nitro groups is 1. The average molecular weight is 727 g/mol. The van der Waals surface area contributed by atoms with Crippen LogP contribution in [0.3, 0.4) is 0 Å². The third kappa shape index (κ3) is 6.80. The Morgan fingerprint density at radius 3 is 1.71 bits per heavy atom. The number of esters is 1. The number of rotatable bonds is 14. The van der Waals surface area contributed by atoms with Crippen LogP contribution in [0.2, 0.25) is 0 Å². The Morgan fingerprint density at radius 1 is 0.800 bits per heavy atom. The van der Waals surface area contributed by atoms with Crippen LogP contribution >= 0.6 is 0 Å². The van der Waals surface area contributed by atoms with Crippen LogP contribution in [0.1, 0.15) is 0 Å². The fourth-order valence-electron chi connectivity index (χ4n) is 2.52. The van der Waals surface area contributed by atoms with Gasteiger partial charge in [-0.2, -0.15) is 74.6 Å². The van der Waals surface area contributed by atoms with E-state index in [4.69, 9.17) is 0 Å². The van der Waals surface area contributed by atoms with Crippen molar-refractivity contribution in [3.05, 3.63) is 28.3 Å². The van der Waals surface area contributed by atoms with Crippen LogP contribution in [0.15, 0.2) is 23.1 Å². The third-order valence-corrected chi connectivity index (χ3v) is 6.40. The molecule has 0 N–H and O–H groups in total. The van der Waals surface area contributed by atoms with Crippen molar-refractivity contribution in [1.82, 2.24) is 0 Å². The smallest absolute Gasteiger partial charge is 0.461 e. The van der Waals surface area contributed by atoms with E-state index in [9.17, 15) is 103 Å². The summed E-state index contributed by atoms with van der Waals surface area (Å²) in [5.74, 6) is -48.4. The zero-order chi connectivity index (χ0) is 36.0. The zero-order valence-corrected chi connectivity index (χ0v) is 21.0. The molecule has 0 fully saturated rings. The van der Waals surface area contributed by atoms with Crippen molar-refractivity contribution in [3.8, 4) is 5.75 Å². The molecule has 0 saturated heterocycles. The second-order valence-electron chi connectivity index (χ2n) is 8.04. The summed E-state index contributed by atoms with van der Waals surface area (Å²) in [6.07, 6.45) is -12.8. The molecule has 1 atom stereocenters. The Kier molecular flexibility index (Phi) is 10.7. The molecular weight excluding hydrogens is 719 g/mol. The molecule has 260 valence electrons. The number of nitrogens with zero attached hydrogens (tertiary/aromatic N) is 1. The molecule has 0 aliphatic carbocycles. The van der Waals surface area contributed by atoms with Crippen molar-refractivity contribution in [2.75, 3.05) is 13.2 Å². The minimum Gasteiger partial charge on any atom is -0.475 e. The number of ether oxygens (including phenoxy) is 2. The van der Waals surface area contributed by atoms with Gasteiger partial charge in [0.25, 0.3) is 0 Å². The van der Waals surface area contributed by atoms with E-state index >= 15 is 0 Å². The predicted octanol–water partition coefficient (Wildman–Crippen LogP) is 6.86. The summed E-state index contributed by atoms with van der Waals surface area (Å²) in [6, 6.07) is -0.478. The molecule has 0 heterocycles. The van der Waals surface area contributed by atoms with Gasteiger partial charge in [0.1, 0.15) is 10.8 Å². The van der Waals surface area contributed by atoms with Crippen molar-refractivity contribution in [3.63, 3.8) is 0 Å². The second-order valence-corrected chi connectivity index (χ2v) is 9.57. The van der Waals surface area contributed by atoms with Gasteiger partial charge >= 0.3 is 65.0 Å². The summed E-state index contributed by atoms with van der Waals surface area (Å²) in [5, 5.41) is 4.62. The minimum atomic E-state index is -7.96. The number of benzene rings is 1. The van der Waals surface area contributed by atoms with Crippen LogP contribution in [0.25, 0.3) is 0 Å². The number of halogens is 19. The summed E-state index contributed by atoms with van der Waals surface area (Å²) in [7, 11) is -4.71. The maximum Gasteiger partial charge on any atom is 0.461 e. The highest BCUT2D eigenvalue weighted by molar-refractivity contribution is 7.86. The Balaban J connectivity index is 3.17. The highest BCUT2D eigenvalue weighted by Gasteiger charge is 2.88. The zero-order valence-electron chi connectivity index (χ0n) is 20.2. The molecule has 1 aromatic rings. The Bertz CT molecular complexity index is 1300. The molecular formula is C18H8F19NO6S. The minimum absolute atomic E-state index is 0.0188. The van der Waals surface area contributed by atoms with Crippen molar-refractivity contribution in [2.45, 2.75) is 58.3 Å². The van der Waals surface area contributed by atoms with Gasteiger partial charge in [0.15, 0.2) is 19.0 Å². The van der Waals surface area contributed by atoms with Crippen molar-refractivity contribution >= 4 is 22.5 Å². The van der Waals surface area contributed by atoms with Crippen LogP contribution in [0.5, 0.6) is 5.75 Å². The second kappa shape index (κ2) is 12.1. The van der Waals surface area contributed by atoms with E-state index in [-0.39, 0.29) is 18.2 Å². The molecule has 1 unspecified atom stereocenters. The van der Waals surface area contributed by atoms with E-state index in [2.05, 4.69) is 9.47 Å². The molecule has 0 saturated carbocycles. The van der Waals surface area contributed by atoms with Gasteiger partial charge in [-0.25, -0.2) is 17.8 Å². The van der Waals surface area contributed by atoms with Gasteiger partial charge < -0.3 is 9.47 Å². The highest BCUT2D eigenvalue weighted by atomic mass is 32.2. The fourth-order valence-corrected chi connectivity index (χ4v) is 3.57. The topological polar surface area (TPSA) is 95.7 Å². The molecule has 45 heavy (non-hydrogen) atoms. The van der Waals surface area contributed by atoms with Crippen LogP contribution in [-0.2, 0) is 20.3 Å². The number of hydrogen-bond acceptors (Lipinski definition) is 6. The summed E-state index contributed by atoms with van der Waals surface area (Å²) in [4.78, 5) is 19.1. The Morgan fingerprint density at radius 2 is 1.29 bits per heavy atom. The third-order valence-electron chi connectivity index (χ3n) is 5.00. The van der Waals surface area contributed by atoms with Gasteiger partial charge in [-0.1, -0.05) is 0 Å². The number of hydrogen-bond donors (Lipinski definition) is 0. The van der Waals surface area contributed by atoms with Gasteiger partial charge in [-0.3, -0.25) is 10.1 Å². The summed E-state index contributed by atoms with van der Waals surface area (Å²) in [5.41, 5.74) is -1.78. The van der Waals surface area contributed by atoms with E-state index < -0.39 is 105 Å². The Hall–Kier alpha value is -3.29. The van der Waals surface area contributed by atoms with Crippen molar-refractivity contribution < 1.29 is 107 Å². The first-order valence-corrected chi connectivity index (χ1v) is 11.4. The lowest BCUT2D eigenvalue weighted by Crippen LogP contribution is -2.69. The number of carbonyl (C=O) groups is 1. The first-order chi connectivity index (χ1) is 19.8. The lowest BCUT2D eigenvalue weighted by atomic mass is 9.94. The van der Waals surface area contributed by atoms with Gasteiger partial charge in [-0.15, -0.1) is 0 Å². The SMILES string of the molecule is O=C(COc1ccc(S(=O)C(F)(F)C(F)(F)C(F)(F)F)cc1[N+](=O)[O-])OCC(F)(F)C(F)(F)C(F)(F)C(F)(F)C(F)(F)C(F)F. The van der Waals surface area contributed by atoms with E-state index in [0.717, 1.165) is 0 Å². The van der Waals surface area contributed by atoms with Crippen molar-refractivity contribution in [2.24, 2.45) is 0 Å². The highest BCUT2D eigenvalue weighted by Crippen LogP contribution is 2.58. The average Bonchev–Trinajstić information content (AvgIpc) is 2.88. The van der Waals surface area contributed by atoms with Crippen molar-refractivity contribution in [1.29, 1.82) is 0 Å². The van der Waals surface area contributed by atoms with Gasteiger partial charge in [0.05, 0.1) is 9.82 Å². The van der Waals surface area contributed by atoms with Crippen LogP contribution in [0.4, 0.5) is 89.1 Å². The molecule has 1 rings (SSSR count). The van der Waals surface area contributed by atoms with Gasteiger partial charge in [0.2, 0.25) is 0 Å². The molecule has 7 nitrogen and oxygen atoms in total. The predicted molar refractivity (Wildman–Crippen MR) is 103 cm³/mol. The largest absolute Gasteiger partial charge is 0.475 e. The molecule has 0 bridgehead atoms. The van der Waals surface area contributed by atoms with Crippen LogP contribution < -0.4 is 4.74 Å². The Labute approximate surface area is 235 Å². The summed E-state index contributed by atoms with van der Waals surface area (Å²) in [6.45, 7) is -5.43. The fraction of sp³-hybridized carbons (Fsp3) is 0.611. The normalized spacial score (nSPS) is 15.2. The van der Waals surface area contributed by atoms with E-state index in [1.165, 1.54) is 0 Å². The van der Waals surface area contributed by atoms with E-state index in [1.54, 1.807) is 0 Å². The standard InChI is InChI=1S/C18H8F19NO6S/c19-10(20)12(23,24)14(27,28)15(29,30)13(25,26)11(21,22)5-44-9(39)4-43-8-2-1-6(3-7(8)38(40)41)45(42)18(36,37)16(31,32)17(33,34)35/h1-3,10H,4-5H2. The summed E-state index contributed by atoms with van der Waals surface area (Å²) < 4.78 is 267. The number of nitro benzene ring substituents is 1. The molecule has 0 amide bonds. The first kappa shape index (κ1) is 39.7. The maximum atomic E-state index is 13.7.